The molecular formula is C17H16Cl2OS. The van der Waals surface area contributed by atoms with Crippen molar-refractivity contribution in [2.24, 2.45) is 0 Å². The molecule has 2 unspecified atom stereocenters. The van der Waals surface area contributed by atoms with Crippen LogP contribution in [0.25, 0.3) is 0 Å². The van der Waals surface area contributed by atoms with Gasteiger partial charge in [-0.2, -0.15) is 0 Å². The molecule has 2 atom stereocenters. The zero-order valence-corrected chi connectivity index (χ0v) is 13.7. The molecule has 0 aliphatic carbocycles. The molecule has 1 aliphatic rings. The number of hydrogen-bond donors (Lipinski definition) is 1. The molecule has 0 aromatic heterocycles. The van der Waals surface area contributed by atoms with Crippen molar-refractivity contribution in [2.75, 3.05) is 0 Å². The predicted molar refractivity (Wildman–Crippen MR) is 91.2 cm³/mol. The second-order valence-corrected chi connectivity index (χ2v) is 7.62. The van der Waals surface area contributed by atoms with E-state index in [1.807, 2.05) is 36.0 Å². The zero-order chi connectivity index (χ0) is 14.8. The minimum atomic E-state index is -0.271. The van der Waals surface area contributed by atoms with Gasteiger partial charge in [0.05, 0.1) is 6.10 Å². The molecule has 4 heteroatoms. The molecule has 1 aliphatic heterocycles. The lowest BCUT2D eigenvalue weighted by molar-refractivity contribution is 0.148. The smallest absolute Gasteiger partial charge is 0.0567 e. The maximum Gasteiger partial charge on any atom is 0.0567 e. The third kappa shape index (κ3) is 3.75. The van der Waals surface area contributed by atoms with E-state index in [-0.39, 0.29) is 6.10 Å². The average Bonchev–Trinajstić information content (AvgIpc) is 2.48. The van der Waals surface area contributed by atoms with Gasteiger partial charge in [0.2, 0.25) is 0 Å². The van der Waals surface area contributed by atoms with Crippen molar-refractivity contribution < 1.29 is 5.11 Å². The van der Waals surface area contributed by atoms with Gasteiger partial charge in [0, 0.05) is 20.5 Å². The van der Waals surface area contributed by atoms with Crippen LogP contribution in [0.5, 0.6) is 0 Å². The minimum Gasteiger partial charge on any atom is -0.393 e. The van der Waals surface area contributed by atoms with Crippen molar-refractivity contribution in [3.8, 4) is 0 Å². The van der Waals surface area contributed by atoms with Crippen LogP contribution in [0.2, 0.25) is 10.0 Å². The van der Waals surface area contributed by atoms with Gasteiger partial charge in [0.1, 0.15) is 0 Å². The average molecular weight is 339 g/mol. The Morgan fingerprint density at radius 2 is 1.14 bits per heavy atom. The van der Waals surface area contributed by atoms with Crippen LogP contribution in [0.1, 0.15) is 34.5 Å². The molecule has 110 valence electrons. The summed E-state index contributed by atoms with van der Waals surface area (Å²) in [5.74, 6) is 0. The van der Waals surface area contributed by atoms with Crippen LogP contribution < -0.4 is 0 Å². The topological polar surface area (TPSA) is 20.2 Å². The molecule has 1 heterocycles. The SMILES string of the molecule is OC1CC(c2ccc(Cl)cc2)SC(c2ccc(Cl)cc2)C1. The first kappa shape index (κ1) is 15.2. The quantitative estimate of drug-likeness (QED) is 0.761. The molecule has 1 saturated heterocycles. The maximum absolute atomic E-state index is 10.2. The van der Waals surface area contributed by atoms with Crippen molar-refractivity contribution >= 4 is 35.0 Å². The predicted octanol–water partition coefficient (Wildman–Crippen LogP) is 5.66. The van der Waals surface area contributed by atoms with Crippen molar-refractivity contribution in [3.05, 3.63) is 69.7 Å². The van der Waals surface area contributed by atoms with E-state index in [1.54, 1.807) is 0 Å². The van der Waals surface area contributed by atoms with E-state index in [9.17, 15) is 5.11 Å². The molecular weight excluding hydrogens is 323 g/mol. The third-order valence-corrected chi connectivity index (χ3v) is 5.87. The third-order valence-electron chi connectivity index (χ3n) is 3.78. The molecule has 21 heavy (non-hydrogen) atoms. The van der Waals surface area contributed by atoms with E-state index in [0.717, 1.165) is 22.9 Å². The lowest BCUT2D eigenvalue weighted by Crippen LogP contribution is -2.20. The Morgan fingerprint density at radius 3 is 1.52 bits per heavy atom. The highest BCUT2D eigenvalue weighted by molar-refractivity contribution is 7.99. The number of aliphatic hydroxyl groups excluding tert-OH is 1. The fourth-order valence-corrected chi connectivity index (χ4v) is 4.63. The first-order chi connectivity index (χ1) is 10.1. The Hall–Kier alpha value is -0.670. The lowest BCUT2D eigenvalue weighted by atomic mass is 9.99. The molecule has 0 saturated carbocycles. The van der Waals surface area contributed by atoms with Gasteiger partial charge in [-0.1, -0.05) is 47.5 Å². The number of aliphatic hydroxyl groups is 1. The molecule has 0 spiro atoms. The lowest BCUT2D eigenvalue weighted by Gasteiger charge is -2.32. The van der Waals surface area contributed by atoms with Gasteiger partial charge in [0.25, 0.3) is 0 Å². The number of hydrogen-bond acceptors (Lipinski definition) is 2. The molecule has 2 aromatic carbocycles. The highest BCUT2D eigenvalue weighted by atomic mass is 35.5. The molecule has 0 amide bonds. The van der Waals surface area contributed by atoms with Gasteiger partial charge in [-0.3, -0.25) is 0 Å². The molecule has 0 radical (unpaired) electrons. The second-order valence-electron chi connectivity index (χ2n) is 5.34. The standard InChI is InChI=1S/C17H16Cl2OS/c18-13-5-1-11(2-6-13)16-9-15(20)10-17(21-16)12-3-7-14(19)8-4-12/h1-8,15-17,20H,9-10H2. The summed E-state index contributed by atoms with van der Waals surface area (Å²) in [7, 11) is 0. The van der Waals surface area contributed by atoms with Crippen molar-refractivity contribution in [1.82, 2.24) is 0 Å². The highest BCUT2D eigenvalue weighted by Crippen LogP contribution is 2.50. The van der Waals surface area contributed by atoms with Crippen LogP contribution >= 0.6 is 35.0 Å². The van der Waals surface area contributed by atoms with Crippen LogP contribution in [-0.2, 0) is 0 Å². The van der Waals surface area contributed by atoms with E-state index in [0.29, 0.717) is 10.5 Å². The highest BCUT2D eigenvalue weighted by Gasteiger charge is 2.30. The molecule has 1 fully saturated rings. The Kier molecular flexibility index (Phi) is 4.80. The fourth-order valence-electron chi connectivity index (χ4n) is 2.68. The summed E-state index contributed by atoms with van der Waals surface area (Å²) in [6.07, 6.45) is 1.31. The first-order valence-corrected chi connectivity index (χ1v) is 8.66. The monoisotopic (exact) mass is 338 g/mol. The van der Waals surface area contributed by atoms with E-state index < -0.39 is 0 Å². The van der Waals surface area contributed by atoms with Gasteiger partial charge in [0.15, 0.2) is 0 Å². The largest absolute Gasteiger partial charge is 0.393 e. The van der Waals surface area contributed by atoms with Gasteiger partial charge < -0.3 is 5.11 Å². The second kappa shape index (κ2) is 6.62. The summed E-state index contributed by atoms with van der Waals surface area (Å²) >= 11 is 13.8. The minimum absolute atomic E-state index is 0.271. The van der Waals surface area contributed by atoms with Crippen molar-refractivity contribution in [3.63, 3.8) is 0 Å². The van der Waals surface area contributed by atoms with Gasteiger partial charge in [-0.15, -0.1) is 11.8 Å². The van der Waals surface area contributed by atoms with E-state index >= 15 is 0 Å². The van der Waals surface area contributed by atoms with Crippen LogP contribution in [0.15, 0.2) is 48.5 Å². The van der Waals surface area contributed by atoms with Crippen molar-refractivity contribution in [2.45, 2.75) is 29.4 Å². The summed E-state index contributed by atoms with van der Waals surface area (Å²) in [5.41, 5.74) is 2.45. The van der Waals surface area contributed by atoms with Crippen LogP contribution in [-0.4, -0.2) is 11.2 Å². The molecule has 1 N–H and O–H groups in total. The maximum atomic E-state index is 10.2. The van der Waals surface area contributed by atoms with E-state index in [1.165, 1.54) is 11.1 Å². The summed E-state index contributed by atoms with van der Waals surface area (Å²) in [5, 5.41) is 12.3. The Bertz CT molecular complexity index is 544. The normalized spacial score (nSPS) is 25.8. The van der Waals surface area contributed by atoms with Crippen molar-refractivity contribution in [1.29, 1.82) is 0 Å². The molecule has 3 rings (SSSR count). The zero-order valence-electron chi connectivity index (χ0n) is 11.4. The Labute approximate surface area is 139 Å². The summed E-state index contributed by atoms with van der Waals surface area (Å²) in [4.78, 5) is 0. The van der Waals surface area contributed by atoms with E-state index in [4.69, 9.17) is 23.2 Å². The van der Waals surface area contributed by atoms with E-state index in [2.05, 4.69) is 24.3 Å². The van der Waals surface area contributed by atoms with Crippen LogP contribution in [0.4, 0.5) is 0 Å². The van der Waals surface area contributed by atoms with Crippen LogP contribution in [0.3, 0.4) is 0 Å². The van der Waals surface area contributed by atoms with Gasteiger partial charge in [-0.25, -0.2) is 0 Å². The summed E-state index contributed by atoms with van der Waals surface area (Å²) in [6, 6.07) is 15.9. The van der Waals surface area contributed by atoms with Gasteiger partial charge in [-0.05, 0) is 48.2 Å². The number of thioether (sulfide) groups is 1. The van der Waals surface area contributed by atoms with Gasteiger partial charge >= 0.3 is 0 Å². The number of benzene rings is 2. The summed E-state index contributed by atoms with van der Waals surface area (Å²) < 4.78 is 0. The molecule has 1 nitrogen and oxygen atoms in total. The first-order valence-electron chi connectivity index (χ1n) is 6.96. The molecule has 0 bridgehead atoms. The number of rotatable bonds is 2. The Morgan fingerprint density at radius 1 is 0.762 bits per heavy atom. The number of halogens is 2. The summed E-state index contributed by atoms with van der Waals surface area (Å²) in [6.45, 7) is 0. The molecule has 2 aromatic rings. The Balaban J connectivity index is 1.81. The fraction of sp³-hybridized carbons (Fsp3) is 0.294. The van der Waals surface area contributed by atoms with Crippen LogP contribution in [0, 0.1) is 0 Å².